The first-order valence-corrected chi connectivity index (χ1v) is 9.00. The molecule has 0 aromatic heterocycles. The Kier molecular flexibility index (Phi) is 4.14. The lowest BCUT2D eigenvalue weighted by molar-refractivity contribution is 0.143. The monoisotopic (exact) mass is 289 g/mol. The van der Waals surface area contributed by atoms with Gasteiger partial charge in [0.2, 0.25) is 0 Å². The molecule has 1 saturated carbocycles. The van der Waals surface area contributed by atoms with E-state index in [4.69, 9.17) is 0 Å². The maximum absolute atomic E-state index is 3.99. The van der Waals surface area contributed by atoms with Gasteiger partial charge in [-0.25, -0.2) is 0 Å². The van der Waals surface area contributed by atoms with Crippen molar-refractivity contribution in [1.82, 2.24) is 5.32 Å². The van der Waals surface area contributed by atoms with Crippen LogP contribution in [0.15, 0.2) is 29.2 Å². The largest absolute Gasteiger partial charge is 0.307 e. The van der Waals surface area contributed by atoms with E-state index in [1.807, 2.05) is 11.8 Å². The van der Waals surface area contributed by atoms with E-state index in [-0.39, 0.29) is 0 Å². The molecule has 1 aliphatic heterocycles. The van der Waals surface area contributed by atoms with Gasteiger partial charge in [-0.05, 0) is 54.4 Å². The molecule has 2 aliphatic rings. The maximum Gasteiger partial charge on any atom is 0.0341 e. The molecule has 3 rings (SSSR count). The minimum atomic E-state index is 0.498. The Labute approximate surface area is 127 Å². The first-order chi connectivity index (χ1) is 9.53. The van der Waals surface area contributed by atoms with E-state index in [2.05, 4.69) is 50.4 Å². The lowest BCUT2D eigenvalue weighted by Gasteiger charge is -2.41. The van der Waals surface area contributed by atoms with Crippen LogP contribution in [0.25, 0.3) is 0 Å². The predicted octanol–water partition coefficient (Wildman–Crippen LogP) is 5.03. The molecule has 110 valence electrons. The van der Waals surface area contributed by atoms with Crippen molar-refractivity contribution in [1.29, 1.82) is 0 Å². The Hall–Kier alpha value is -0.470. The van der Waals surface area contributed by atoms with Crippen molar-refractivity contribution in [3.8, 4) is 0 Å². The second-order valence-electron chi connectivity index (χ2n) is 7.50. The van der Waals surface area contributed by atoms with E-state index in [1.54, 1.807) is 0 Å². The van der Waals surface area contributed by atoms with Gasteiger partial charge in [-0.2, -0.15) is 0 Å². The quantitative estimate of drug-likeness (QED) is 0.819. The van der Waals surface area contributed by atoms with Gasteiger partial charge in [0.15, 0.2) is 0 Å². The van der Waals surface area contributed by atoms with E-state index in [0.29, 0.717) is 17.5 Å². The van der Waals surface area contributed by atoms with Crippen LogP contribution < -0.4 is 5.32 Å². The minimum absolute atomic E-state index is 0.498. The van der Waals surface area contributed by atoms with Crippen LogP contribution in [0.2, 0.25) is 0 Å². The van der Waals surface area contributed by atoms with Gasteiger partial charge in [0, 0.05) is 17.0 Å². The summed E-state index contributed by atoms with van der Waals surface area (Å²) in [5, 5.41) is 3.99. The highest BCUT2D eigenvalue weighted by Gasteiger charge is 2.33. The summed E-state index contributed by atoms with van der Waals surface area (Å²) in [7, 11) is 0. The molecule has 0 bridgehead atoms. The second-order valence-corrected chi connectivity index (χ2v) is 8.64. The zero-order valence-electron chi connectivity index (χ0n) is 13.0. The van der Waals surface area contributed by atoms with Crippen molar-refractivity contribution < 1.29 is 0 Å². The number of rotatable bonds is 2. The number of nitrogens with one attached hydrogen (secondary N) is 1. The smallest absolute Gasteiger partial charge is 0.0341 e. The highest BCUT2D eigenvalue weighted by molar-refractivity contribution is 7.99. The fourth-order valence-corrected chi connectivity index (χ4v) is 5.40. The molecule has 20 heavy (non-hydrogen) atoms. The molecule has 1 fully saturated rings. The number of benzene rings is 1. The molecule has 1 heterocycles. The third-order valence-electron chi connectivity index (χ3n) is 4.78. The van der Waals surface area contributed by atoms with Crippen LogP contribution in [0.3, 0.4) is 0 Å². The molecule has 0 saturated heterocycles. The van der Waals surface area contributed by atoms with Crippen molar-refractivity contribution in [3.63, 3.8) is 0 Å². The highest BCUT2D eigenvalue weighted by Crippen LogP contribution is 2.41. The van der Waals surface area contributed by atoms with Crippen LogP contribution in [0, 0.1) is 11.3 Å². The van der Waals surface area contributed by atoms with Gasteiger partial charge in [-0.3, -0.25) is 0 Å². The second kappa shape index (κ2) is 5.73. The Balaban J connectivity index is 1.72. The molecule has 1 N–H and O–H groups in total. The first kappa shape index (κ1) is 14.5. The van der Waals surface area contributed by atoms with Crippen molar-refractivity contribution in [2.45, 2.75) is 63.4 Å². The molecule has 0 radical (unpaired) electrons. The zero-order chi connectivity index (χ0) is 14.2. The molecular weight excluding hydrogens is 262 g/mol. The lowest BCUT2D eigenvalue weighted by Crippen LogP contribution is -2.42. The van der Waals surface area contributed by atoms with E-state index in [0.717, 1.165) is 5.92 Å². The number of thioether (sulfide) groups is 1. The predicted molar refractivity (Wildman–Crippen MR) is 88.2 cm³/mol. The molecule has 0 spiro atoms. The molecule has 0 amide bonds. The molecule has 3 unspecified atom stereocenters. The van der Waals surface area contributed by atoms with Gasteiger partial charge < -0.3 is 5.32 Å². The van der Waals surface area contributed by atoms with E-state index < -0.39 is 0 Å². The molecule has 3 atom stereocenters. The summed E-state index contributed by atoms with van der Waals surface area (Å²) in [4.78, 5) is 1.49. The molecule has 1 aromatic rings. The van der Waals surface area contributed by atoms with Crippen LogP contribution in [0.1, 0.15) is 58.1 Å². The van der Waals surface area contributed by atoms with Crippen LogP contribution in [0.5, 0.6) is 0 Å². The SMILES string of the molecule is CC1CC(NC2CCSc3ccccc32)CC(C)(C)C1. The van der Waals surface area contributed by atoms with Gasteiger partial charge in [0.1, 0.15) is 0 Å². The van der Waals surface area contributed by atoms with E-state index in [9.17, 15) is 0 Å². The van der Waals surface area contributed by atoms with E-state index in [1.165, 1.54) is 41.9 Å². The van der Waals surface area contributed by atoms with Crippen molar-refractivity contribution in [2.24, 2.45) is 11.3 Å². The average Bonchev–Trinajstić information content (AvgIpc) is 2.37. The van der Waals surface area contributed by atoms with Crippen LogP contribution in [-0.2, 0) is 0 Å². The first-order valence-electron chi connectivity index (χ1n) is 8.01. The highest BCUT2D eigenvalue weighted by atomic mass is 32.2. The summed E-state index contributed by atoms with van der Waals surface area (Å²) < 4.78 is 0. The maximum atomic E-state index is 3.99. The fourth-order valence-electron chi connectivity index (χ4n) is 4.27. The van der Waals surface area contributed by atoms with Crippen molar-refractivity contribution >= 4 is 11.8 Å². The van der Waals surface area contributed by atoms with E-state index >= 15 is 0 Å². The third-order valence-corrected chi connectivity index (χ3v) is 5.90. The van der Waals surface area contributed by atoms with Crippen LogP contribution in [-0.4, -0.2) is 11.8 Å². The number of fused-ring (bicyclic) bond motifs is 1. The topological polar surface area (TPSA) is 12.0 Å². The Morgan fingerprint density at radius 2 is 2.00 bits per heavy atom. The standard InChI is InChI=1S/C18H27NS/c1-13-10-14(12-18(2,3)11-13)19-16-8-9-20-17-7-5-4-6-15(16)17/h4-7,13-14,16,19H,8-12H2,1-3H3. The Morgan fingerprint density at radius 3 is 2.80 bits per heavy atom. The van der Waals surface area contributed by atoms with Crippen LogP contribution in [0.4, 0.5) is 0 Å². The summed E-state index contributed by atoms with van der Waals surface area (Å²) in [5.41, 5.74) is 2.03. The van der Waals surface area contributed by atoms with Gasteiger partial charge in [-0.1, -0.05) is 39.0 Å². The minimum Gasteiger partial charge on any atom is -0.307 e. The van der Waals surface area contributed by atoms with Gasteiger partial charge in [-0.15, -0.1) is 11.8 Å². The van der Waals surface area contributed by atoms with Crippen LogP contribution >= 0.6 is 11.8 Å². The van der Waals surface area contributed by atoms with Gasteiger partial charge in [0.05, 0.1) is 0 Å². The number of hydrogen-bond donors (Lipinski definition) is 1. The summed E-state index contributed by atoms with van der Waals surface area (Å²) >= 11 is 2.01. The average molecular weight is 289 g/mol. The molecule has 1 aliphatic carbocycles. The molecule has 2 heteroatoms. The number of hydrogen-bond acceptors (Lipinski definition) is 2. The third kappa shape index (κ3) is 3.23. The fraction of sp³-hybridized carbons (Fsp3) is 0.667. The molecule has 1 aromatic carbocycles. The summed E-state index contributed by atoms with van der Waals surface area (Å²) in [6.45, 7) is 7.28. The summed E-state index contributed by atoms with van der Waals surface area (Å²) in [5.74, 6) is 2.10. The van der Waals surface area contributed by atoms with Crippen molar-refractivity contribution in [3.05, 3.63) is 29.8 Å². The lowest BCUT2D eigenvalue weighted by atomic mass is 9.70. The van der Waals surface area contributed by atoms with Gasteiger partial charge in [0.25, 0.3) is 0 Å². The van der Waals surface area contributed by atoms with Crippen molar-refractivity contribution in [2.75, 3.05) is 5.75 Å². The molecular formula is C18H27NS. The summed E-state index contributed by atoms with van der Waals surface area (Å²) in [6.07, 6.45) is 5.31. The molecule has 1 nitrogen and oxygen atoms in total. The van der Waals surface area contributed by atoms with Gasteiger partial charge >= 0.3 is 0 Å². The normalized spacial score (nSPS) is 32.6. The Bertz CT molecular complexity index is 468. The summed E-state index contributed by atoms with van der Waals surface area (Å²) in [6, 6.07) is 10.2. The Morgan fingerprint density at radius 1 is 1.20 bits per heavy atom. The zero-order valence-corrected chi connectivity index (χ0v) is 13.8.